The smallest absolute Gasteiger partial charge is 0.191 e. The van der Waals surface area contributed by atoms with Crippen molar-refractivity contribution >= 4 is 8.32 Å². The van der Waals surface area contributed by atoms with E-state index in [1.807, 2.05) is 0 Å². The predicted molar refractivity (Wildman–Crippen MR) is 201 cm³/mol. The van der Waals surface area contributed by atoms with E-state index in [9.17, 15) is 0 Å². The second-order valence-corrected chi connectivity index (χ2v) is 21.2. The molecule has 0 bridgehead atoms. The summed E-state index contributed by atoms with van der Waals surface area (Å²) in [5.41, 5.74) is 1.09. The highest BCUT2D eigenvalue weighted by atomic mass is 28.4. The van der Waals surface area contributed by atoms with Crippen LogP contribution in [0, 0.1) is 11.8 Å². The van der Waals surface area contributed by atoms with Crippen molar-refractivity contribution in [2.24, 2.45) is 11.8 Å². The first kappa shape index (κ1) is 40.9. The fourth-order valence-electron chi connectivity index (χ4n) is 7.22. The van der Waals surface area contributed by atoms with Gasteiger partial charge in [-0.15, -0.1) is 0 Å². The van der Waals surface area contributed by atoms with E-state index >= 15 is 0 Å². The summed E-state index contributed by atoms with van der Waals surface area (Å²) in [4.78, 5) is 0. The number of hydrogen-bond acceptors (Lipinski definition) is 7. The molecular formula is C41H72O7Si. The summed E-state index contributed by atoms with van der Waals surface area (Å²) in [7, 11) is -1.74. The van der Waals surface area contributed by atoms with E-state index in [1.165, 1.54) is 12.8 Å². The van der Waals surface area contributed by atoms with Crippen LogP contribution in [0.2, 0.25) is 18.1 Å². The summed E-state index contributed by atoms with van der Waals surface area (Å²) < 4.78 is 44.9. The van der Waals surface area contributed by atoms with Gasteiger partial charge in [-0.3, -0.25) is 0 Å². The third kappa shape index (κ3) is 13.6. The van der Waals surface area contributed by atoms with Gasteiger partial charge in [-0.25, -0.2) is 0 Å². The zero-order valence-electron chi connectivity index (χ0n) is 32.1. The van der Waals surface area contributed by atoms with Gasteiger partial charge >= 0.3 is 0 Å². The normalized spacial score (nSPS) is 31.1. The Labute approximate surface area is 301 Å². The largest absolute Gasteiger partial charge is 0.417 e. The molecule has 4 rings (SSSR count). The van der Waals surface area contributed by atoms with Gasteiger partial charge in [-0.05, 0) is 101 Å². The minimum absolute atomic E-state index is 0.00762. The first-order valence-corrected chi connectivity index (χ1v) is 23.0. The molecule has 282 valence electrons. The van der Waals surface area contributed by atoms with Crippen molar-refractivity contribution in [1.82, 2.24) is 0 Å². The molecule has 4 fully saturated rings. The van der Waals surface area contributed by atoms with Gasteiger partial charge < -0.3 is 32.8 Å². The van der Waals surface area contributed by atoms with Crippen LogP contribution in [0.4, 0.5) is 0 Å². The Hall–Kier alpha value is -0.843. The lowest BCUT2D eigenvalue weighted by atomic mass is 9.86. The molecule has 8 heteroatoms. The molecule has 0 radical (unpaired) electrons. The Bertz CT molecular complexity index is 988. The Balaban J connectivity index is 1.52. The number of allylic oxidation sites excluding steroid dienone is 2. The lowest BCUT2D eigenvalue weighted by Crippen LogP contribution is -2.40. The van der Waals surface area contributed by atoms with E-state index in [2.05, 4.69) is 71.7 Å². The van der Waals surface area contributed by atoms with E-state index in [0.717, 1.165) is 122 Å². The molecule has 3 heterocycles. The minimum Gasteiger partial charge on any atom is -0.417 e. The van der Waals surface area contributed by atoms with Crippen LogP contribution in [0.1, 0.15) is 130 Å². The van der Waals surface area contributed by atoms with E-state index in [4.69, 9.17) is 32.8 Å². The summed E-state index contributed by atoms with van der Waals surface area (Å²) in [5.74, 6) is 0.153. The average molecular weight is 705 g/mol. The van der Waals surface area contributed by atoms with E-state index in [-0.39, 0.29) is 54.1 Å². The Kier molecular flexibility index (Phi) is 17.5. The summed E-state index contributed by atoms with van der Waals surface area (Å²) >= 11 is 0. The van der Waals surface area contributed by atoms with Crippen molar-refractivity contribution in [3.8, 4) is 0 Å². The monoisotopic (exact) mass is 705 g/mol. The molecule has 0 aromatic rings. The van der Waals surface area contributed by atoms with Crippen LogP contribution in [0.25, 0.3) is 0 Å². The lowest BCUT2D eigenvalue weighted by molar-refractivity contribution is -0.203. The van der Waals surface area contributed by atoms with Crippen molar-refractivity contribution in [2.45, 2.75) is 186 Å². The number of unbranched alkanes of at least 4 members (excludes halogenated alkanes) is 3. The van der Waals surface area contributed by atoms with Crippen LogP contribution in [-0.2, 0) is 32.8 Å². The van der Waals surface area contributed by atoms with Gasteiger partial charge in [-0.1, -0.05) is 77.8 Å². The zero-order valence-corrected chi connectivity index (χ0v) is 33.1. The van der Waals surface area contributed by atoms with Crippen LogP contribution in [-0.4, -0.2) is 71.9 Å². The summed E-state index contributed by atoms with van der Waals surface area (Å²) in [6.45, 7) is 21.6. The molecule has 0 amide bonds. The second-order valence-electron chi connectivity index (χ2n) is 16.4. The van der Waals surface area contributed by atoms with E-state index in [0.29, 0.717) is 0 Å². The molecule has 8 atom stereocenters. The Morgan fingerprint density at radius 2 is 1.45 bits per heavy atom. The fraction of sp³-hybridized carbons (Fsp3) is 0.854. The van der Waals surface area contributed by atoms with Crippen LogP contribution >= 0.6 is 0 Å². The van der Waals surface area contributed by atoms with Crippen LogP contribution in [0.5, 0.6) is 0 Å². The predicted octanol–water partition coefficient (Wildman–Crippen LogP) is 10.4. The quantitative estimate of drug-likeness (QED) is 0.0574. The van der Waals surface area contributed by atoms with Gasteiger partial charge in [0.1, 0.15) is 0 Å². The molecule has 3 saturated heterocycles. The fourth-order valence-corrected chi connectivity index (χ4v) is 8.30. The topological polar surface area (TPSA) is 64.6 Å². The average Bonchev–Trinajstić information content (AvgIpc) is 3.41. The SMILES string of the molecule is C=C(C=CCCCO[Si](C)(C)C(C)(C)C)[C@H]1[C@@H](C=C[C@H](CCCCC)OC2CCCCO2)[C@H](OC2CCCCO2)C[C@@H]1OC1CCCCO1. The molecule has 49 heavy (non-hydrogen) atoms. The lowest BCUT2D eigenvalue weighted by Gasteiger charge is -2.36. The maximum atomic E-state index is 6.82. The standard InChI is InChI=1S/C41H72O7Si/c1-8-9-11-21-33(46-37-22-13-17-27-42-37)25-26-34-35(47-38-23-14-18-28-43-38)31-36(48-39-24-15-19-29-44-39)40(34)32(2)20-12-10-16-30-45-49(6,7)41(3,4)5/h12,20,25-26,33-40H,2,8-11,13-19,21-24,27-31H2,1,3-7H3/t33-,34-,35+,36-,37?,38?,39?,40-/m0/s1. The van der Waals surface area contributed by atoms with E-state index < -0.39 is 8.32 Å². The highest BCUT2D eigenvalue weighted by Gasteiger charge is 2.46. The van der Waals surface area contributed by atoms with Crippen molar-refractivity contribution in [1.29, 1.82) is 0 Å². The molecule has 1 aliphatic carbocycles. The Morgan fingerprint density at radius 1 is 0.837 bits per heavy atom. The van der Waals surface area contributed by atoms with Crippen LogP contribution in [0.3, 0.4) is 0 Å². The molecule has 3 aliphatic heterocycles. The van der Waals surface area contributed by atoms with Crippen LogP contribution in [0.15, 0.2) is 36.5 Å². The highest BCUT2D eigenvalue weighted by Crippen LogP contribution is 2.44. The number of hydrogen-bond donors (Lipinski definition) is 0. The molecule has 0 aromatic carbocycles. The molecule has 0 spiro atoms. The van der Waals surface area contributed by atoms with Crippen LogP contribution < -0.4 is 0 Å². The molecule has 7 nitrogen and oxygen atoms in total. The molecule has 0 N–H and O–H groups in total. The third-order valence-electron chi connectivity index (χ3n) is 11.3. The van der Waals surface area contributed by atoms with Gasteiger partial charge in [0.15, 0.2) is 27.2 Å². The van der Waals surface area contributed by atoms with Crippen molar-refractivity contribution in [3.63, 3.8) is 0 Å². The molecule has 0 aromatic heterocycles. The first-order chi connectivity index (χ1) is 23.6. The van der Waals surface area contributed by atoms with Gasteiger partial charge in [0.25, 0.3) is 0 Å². The minimum atomic E-state index is -1.74. The van der Waals surface area contributed by atoms with Gasteiger partial charge in [0.2, 0.25) is 0 Å². The zero-order chi connectivity index (χ0) is 35.1. The van der Waals surface area contributed by atoms with Crippen molar-refractivity contribution in [3.05, 3.63) is 36.5 Å². The summed E-state index contributed by atoms with van der Waals surface area (Å²) in [6, 6.07) is 0. The first-order valence-electron chi connectivity index (χ1n) is 20.1. The van der Waals surface area contributed by atoms with Gasteiger partial charge in [0.05, 0.1) is 18.3 Å². The Morgan fingerprint density at radius 3 is 2.02 bits per heavy atom. The summed E-state index contributed by atoms with van der Waals surface area (Å²) in [6.07, 6.45) is 25.5. The molecule has 1 saturated carbocycles. The molecule has 3 unspecified atom stereocenters. The maximum absolute atomic E-state index is 6.82. The van der Waals surface area contributed by atoms with Crippen molar-refractivity contribution < 1.29 is 32.8 Å². The number of ether oxygens (including phenoxy) is 6. The highest BCUT2D eigenvalue weighted by molar-refractivity contribution is 6.74. The maximum Gasteiger partial charge on any atom is 0.191 e. The molecular weight excluding hydrogens is 633 g/mol. The van der Waals surface area contributed by atoms with Gasteiger partial charge in [-0.2, -0.15) is 0 Å². The second kappa shape index (κ2) is 21.0. The third-order valence-corrected chi connectivity index (χ3v) is 15.8. The number of rotatable bonds is 19. The van der Waals surface area contributed by atoms with Gasteiger partial charge in [0, 0.05) is 44.7 Å². The van der Waals surface area contributed by atoms with Crippen molar-refractivity contribution in [2.75, 3.05) is 26.4 Å². The molecule has 4 aliphatic rings. The summed E-state index contributed by atoms with van der Waals surface area (Å²) in [5, 5.41) is 0.226. The van der Waals surface area contributed by atoms with E-state index in [1.54, 1.807) is 0 Å².